The molecule has 1 atom stereocenters. The molecule has 0 saturated heterocycles. The number of para-hydroxylation sites is 1. The number of amides is 2. The van der Waals surface area contributed by atoms with Crippen LogP contribution in [0, 0.1) is 6.92 Å². The Balaban J connectivity index is 1.57. The first-order valence-corrected chi connectivity index (χ1v) is 11.7. The Hall–Kier alpha value is -4.19. The Labute approximate surface area is 205 Å². The third-order valence-electron chi connectivity index (χ3n) is 6.51. The van der Waals surface area contributed by atoms with Gasteiger partial charge in [-0.3, -0.25) is 0 Å². The van der Waals surface area contributed by atoms with Crippen molar-refractivity contribution in [1.29, 1.82) is 0 Å². The highest BCUT2D eigenvalue weighted by atomic mass is 16.5. The average molecular weight is 468 g/mol. The van der Waals surface area contributed by atoms with Crippen LogP contribution in [0.3, 0.4) is 0 Å². The first-order valence-electron chi connectivity index (χ1n) is 11.7. The van der Waals surface area contributed by atoms with Crippen molar-refractivity contribution in [3.05, 3.63) is 113 Å². The minimum Gasteiger partial charge on any atom is -0.493 e. The second-order valence-corrected chi connectivity index (χ2v) is 8.72. The summed E-state index contributed by atoms with van der Waals surface area (Å²) in [6, 6.07) is 25.9. The topological polar surface area (TPSA) is 55.7 Å². The van der Waals surface area contributed by atoms with Crippen molar-refractivity contribution in [2.24, 2.45) is 0 Å². The van der Waals surface area contributed by atoms with Crippen molar-refractivity contribution in [1.82, 2.24) is 14.8 Å². The number of aryl methyl sites for hydroxylation is 1. The Morgan fingerprint density at radius 3 is 2.49 bits per heavy atom. The van der Waals surface area contributed by atoms with Gasteiger partial charge in [-0.1, -0.05) is 54.1 Å². The fourth-order valence-electron chi connectivity index (χ4n) is 4.70. The number of rotatable bonds is 5. The fraction of sp³-hybridized carbons (Fsp3) is 0.207. The van der Waals surface area contributed by atoms with Gasteiger partial charge in [0.05, 0.1) is 32.5 Å². The number of urea groups is 1. The SMILES string of the molecule is COc1ccc([C@H]2c3cccn3-c3ccccc3CN2C(=O)NCc2ccc(C)cc2)cc1OC. The van der Waals surface area contributed by atoms with Gasteiger partial charge in [0.1, 0.15) is 0 Å². The van der Waals surface area contributed by atoms with Gasteiger partial charge in [0.25, 0.3) is 0 Å². The number of hydrogen-bond donors (Lipinski definition) is 1. The smallest absolute Gasteiger partial charge is 0.318 e. The molecule has 5 rings (SSSR count). The van der Waals surface area contributed by atoms with Crippen LogP contribution >= 0.6 is 0 Å². The number of carbonyl (C=O) groups excluding carboxylic acids is 1. The molecule has 0 saturated carbocycles. The van der Waals surface area contributed by atoms with Crippen LogP contribution in [0.2, 0.25) is 0 Å². The van der Waals surface area contributed by atoms with Crippen LogP contribution in [0.5, 0.6) is 11.5 Å². The van der Waals surface area contributed by atoms with Gasteiger partial charge < -0.3 is 24.3 Å². The second kappa shape index (κ2) is 9.58. The van der Waals surface area contributed by atoms with Gasteiger partial charge >= 0.3 is 6.03 Å². The summed E-state index contributed by atoms with van der Waals surface area (Å²) in [7, 11) is 3.25. The molecular formula is C29H29N3O3. The van der Waals surface area contributed by atoms with Crippen LogP contribution in [0.1, 0.15) is 34.0 Å². The molecule has 35 heavy (non-hydrogen) atoms. The quantitative estimate of drug-likeness (QED) is 0.415. The minimum atomic E-state index is -0.324. The van der Waals surface area contributed by atoms with Crippen molar-refractivity contribution < 1.29 is 14.3 Å². The van der Waals surface area contributed by atoms with Crippen molar-refractivity contribution in [2.45, 2.75) is 26.1 Å². The summed E-state index contributed by atoms with van der Waals surface area (Å²) in [4.78, 5) is 15.6. The number of hydrogen-bond acceptors (Lipinski definition) is 3. The number of nitrogens with zero attached hydrogens (tertiary/aromatic N) is 2. The molecule has 1 aliphatic rings. The summed E-state index contributed by atoms with van der Waals surface area (Å²) in [5, 5.41) is 3.14. The molecule has 0 unspecified atom stereocenters. The van der Waals surface area contributed by atoms with Crippen molar-refractivity contribution in [3.8, 4) is 17.2 Å². The van der Waals surface area contributed by atoms with E-state index in [1.807, 2.05) is 53.4 Å². The Bertz CT molecular complexity index is 1340. The third kappa shape index (κ3) is 4.35. The maximum atomic E-state index is 13.7. The molecule has 1 aliphatic heterocycles. The molecule has 6 nitrogen and oxygen atoms in total. The number of carbonyl (C=O) groups is 1. The van der Waals surface area contributed by atoms with Gasteiger partial charge in [0.15, 0.2) is 11.5 Å². The number of fused-ring (bicyclic) bond motifs is 3. The van der Waals surface area contributed by atoms with E-state index in [2.05, 4.69) is 53.3 Å². The van der Waals surface area contributed by atoms with E-state index in [4.69, 9.17) is 9.47 Å². The normalized spacial score (nSPS) is 14.5. The van der Waals surface area contributed by atoms with Crippen LogP contribution in [-0.2, 0) is 13.1 Å². The van der Waals surface area contributed by atoms with E-state index in [-0.39, 0.29) is 12.1 Å². The van der Waals surface area contributed by atoms with Gasteiger partial charge in [0.2, 0.25) is 0 Å². The lowest BCUT2D eigenvalue weighted by Gasteiger charge is -2.31. The lowest BCUT2D eigenvalue weighted by Crippen LogP contribution is -2.41. The summed E-state index contributed by atoms with van der Waals surface area (Å²) >= 11 is 0. The molecule has 0 spiro atoms. The van der Waals surface area contributed by atoms with E-state index in [0.29, 0.717) is 24.6 Å². The lowest BCUT2D eigenvalue weighted by molar-refractivity contribution is 0.180. The van der Waals surface area contributed by atoms with Gasteiger partial charge in [-0.05, 0) is 53.9 Å². The van der Waals surface area contributed by atoms with Crippen molar-refractivity contribution in [3.63, 3.8) is 0 Å². The molecule has 6 heteroatoms. The molecule has 2 heterocycles. The summed E-state index contributed by atoms with van der Waals surface area (Å²) < 4.78 is 13.2. The van der Waals surface area contributed by atoms with Crippen LogP contribution in [-0.4, -0.2) is 29.7 Å². The van der Waals surface area contributed by atoms with Crippen LogP contribution in [0.4, 0.5) is 4.79 Å². The number of aromatic nitrogens is 1. The largest absolute Gasteiger partial charge is 0.493 e. The van der Waals surface area contributed by atoms with E-state index in [0.717, 1.165) is 28.1 Å². The molecule has 0 fully saturated rings. The summed E-state index contributed by atoms with van der Waals surface area (Å²) in [5.74, 6) is 1.28. The van der Waals surface area contributed by atoms with Crippen LogP contribution < -0.4 is 14.8 Å². The summed E-state index contributed by atoms with van der Waals surface area (Å²) in [5.41, 5.74) is 6.36. The zero-order valence-corrected chi connectivity index (χ0v) is 20.2. The van der Waals surface area contributed by atoms with Crippen molar-refractivity contribution in [2.75, 3.05) is 14.2 Å². The number of methoxy groups -OCH3 is 2. The Kier molecular flexibility index (Phi) is 6.19. The predicted octanol–water partition coefficient (Wildman–Crippen LogP) is 5.62. The van der Waals surface area contributed by atoms with Gasteiger partial charge in [0, 0.05) is 18.4 Å². The first kappa shape index (κ1) is 22.6. The van der Waals surface area contributed by atoms with E-state index in [1.54, 1.807) is 14.2 Å². The lowest BCUT2D eigenvalue weighted by atomic mass is 10.0. The zero-order chi connectivity index (χ0) is 24.4. The number of benzene rings is 3. The standard InChI is InChI=1S/C29H29N3O3/c1-20-10-12-21(13-11-20)18-30-29(33)32-19-23-7-4-5-8-24(23)31-16-6-9-25(31)28(32)22-14-15-26(34-2)27(17-22)35-3/h4-17,28H,18-19H2,1-3H3,(H,30,33)/t28-/m0/s1. The van der Waals surface area contributed by atoms with Gasteiger partial charge in [-0.2, -0.15) is 0 Å². The first-order chi connectivity index (χ1) is 17.1. The highest BCUT2D eigenvalue weighted by Gasteiger charge is 2.33. The molecule has 2 amide bonds. The summed E-state index contributed by atoms with van der Waals surface area (Å²) in [6.45, 7) is 2.98. The Morgan fingerprint density at radius 1 is 0.943 bits per heavy atom. The maximum absolute atomic E-state index is 13.7. The van der Waals surface area contributed by atoms with E-state index in [1.165, 1.54) is 5.56 Å². The van der Waals surface area contributed by atoms with Gasteiger partial charge in [-0.25, -0.2) is 4.79 Å². The molecule has 1 aromatic heterocycles. The molecular weight excluding hydrogens is 438 g/mol. The molecule has 1 N–H and O–H groups in total. The van der Waals surface area contributed by atoms with Crippen LogP contribution in [0.15, 0.2) is 85.1 Å². The molecule has 178 valence electrons. The minimum absolute atomic E-state index is 0.130. The number of nitrogens with one attached hydrogen (secondary N) is 1. The van der Waals surface area contributed by atoms with Crippen molar-refractivity contribution >= 4 is 6.03 Å². The predicted molar refractivity (Wildman–Crippen MR) is 136 cm³/mol. The Morgan fingerprint density at radius 2 is 1.71 bits per heavy atom. The second-order valence-electron chi connectivity index (χ2n) is 8.72. The zero-order valence-electron chi connectivity index (χ0n) is 20.2. The van der Waals surface area contributed by atoms with E-state index >= 15 is 0 Å². The monoisotopic (exact) mass is 467 g/mol. The number of ether oxygens (including phenoxy) is 2. The van der Waals surface area contributed by atoms with Crippen LogP contribution in [0.25, 0.3) is 5.69 Å². The molecule has 0 aliphatic carbocycles. The third-order valence-corrected chi connectivity index (χ3v) is 6.51. The molecule has 4 aromatic rings. The highest BCUT2D eigenvalue weighted by molar-refractivity contribution is 5.76. The molecule has 3 aromatic carbocycles. The maximum Gasteiger partial charge on any atom is 0.318 e. The van der Waals surface area contributed by atoms with E-state index in [9.17, 15) is 4.79 Å². The average Bonchev–Trinajstić information content (AvgIpc) is 3.32. The van der Waals surface area contributed by atoms with Gasteiger partial charge in [-0.15, -0.1) is 0 Å². The highest BCUT2D eigenvalue weighted by Crippen LogP contribution is 2.39. The fourth-order valence-corrected chi connectivity index (χ4v) is 4.70. The molecule has 0 radical (unpaired) electrons. The molecule has 0 bridgehead atoms. The summed E-state index contributed by atoms with van der Waals surface area (Å²) in [6.07, 6.45) is 2.05. The van der Waals surface area contributed by atoms with E-state index < -0.39 is 0 Å².